The zero-order valence-electron chi connectivity index (χ0n) is 16.3. The van der Waals surface area contributed by atoms with Crippen LogP contribution in [0, 0.1) is 5.92 Å². The van der Waals surface area contributed by atoms with Crippen molar-refractivity contribution in [3.8, 4) is 0 Å². The lowest BCUT2D eigenvalue weighted by molar-refractivity contribution is 0.176. The molecule has 2 heterocycles. The SMILES string of the molecule is CN=C(NCc1ccc(CN2CCCC(C)C2)cc1)NCc1ccsc1.I. The molecular weight excluding hydrogens is 467 g/mol. The van der Waals surface area contributed by atoms with Crippen molar-refractivity contribution in [1.82, 2.24) is 15.5 Å². The van der Waals surface area contributed by atoms with Crippen LogP contribution in [0.25, 0.3) is 0 Å². The van der Waals surface area contributed by atoms with Crippen molar-refractivity contribution in [2.45, 2.75) is 39.4 Å². The van der Waals surface area contributed by atoms with Crippen LogP contribution < -0.4 is 10.6 Å². The first-order valence-corrected chi connectivity index (χ1v) is 10.4. The Morgan fingerprint density at radius 1 is 1.11 bits per heavy atom. The van der Waals surface area contributed by atoms with E-state index in [9.17, 15) is 0 Å². The Balaban J connectivity index is 0.00000261. The van der Waals surface area contributed by atoms with E-state index in [0.29, 0.717) is 0 Å². The van der Waals surface area contributed by atoms with E-state index in [1.54, 1.807) is 11.3 Å². The van der Waals surface area contributed by atoms with Gasteiger partial charge in [-0.1, -0.05) is 31.2 Å². The van der Waals surface area contributed by atoms with Crippen LogP contribution in [0.1, 0.15) is 36.5 Å². The topological polar surface area (TPSA) is 39.7 Å². The van der Waals surface area contributed by atoms with E-state index in [0.717, 1.165) is 31.5 Å². The summed E-state index contributed by atoms with van der Waals surface area (Å²) < 4.78 is 0. The number of nitrogens with one attached hydrogen (secondary N) is 2. The summed E-state index contributed by atoms with van der Waals surface area (Å²) >= 11 is 1.72. The van der Waals surface area contributed by atoms with Crippen molar-refractivity contribution in [1.29, 1.82) is 0 Å². The number of benzene rings is 1. The summed E-state index contributed by atoms with van der Waals surface area (Å²) in [7, 11) is 1.81. The molecule has 0 bridgehead atoms. The number of hydrogen-bond acceptors (Lipinski definition) is 3. The molecule has 27 heavy (non-hydrogen) atoms. The molecule has 1 fully saturated rings. The molecule has 0 spiro atoms. The van der Waals surface area contributed by atoms with Gasteiger partial charge in [0.15, 0.2) is 5.96 Å². The molecule has 1 aliphatic rings. The van der Waals surface area contributed by atoms with Gasteiger partial charge in [0.05, 0.1) is 0 Å². The third-order valence-corrected chi connectivity index (χ3v) is 5.63. The maximum absolute atomic E-state index is 4.30. The normalized spacial score (nSPS) is 18.0. The van der Waals surface area contributed by atoms with Crippen LogP contribution in [-0.4, -0.2) is 31.0 Å². The zero-order chi connectivity index (χ0) is 18.2. The van der Waals surface area contributed by atoms with E-state index in [4.69, 9.17) is 0 Å². The molecule has 1 aromatic carbocycles. The van der Waals surface area contributed by atoms with E-state index in [2.05, 4.69) is 68.5 Å². The minimum Gasteiger partial charge on any atom is -0.352 e. The summed E-state index contributed by atoms with van der Waals surface area (Å²) in [6, 6.07) is 11.1. The summed E-state index contributed by atoms with van der Waals surface area (Å²) in [4.78, 5) is 6.88. The van der Waals surface area contributed by atoms with E-state index in [-0.39, 0.29) is 24.0 Å². The molecule has 1 aliphatic heterocycles. The fourth-order valence-electron chi connectivity index (χ4n) is 3.44. The van der Waals surface area contributed by atoms with Gasteiger partial charge in [-0.05, 0) is 58.8 Å². The van der Waals surface area contributed by atoms with Crippen molar-refractivity contribution in [3.63, 3.8) is 0 Å². The Bertz CT molecular complexity index is 685. The Morgan fingerprint density at radius 3 is 2.44 bits per heavy atom. The Kier molecular flexibility index (Phi) is 9.58. The van der Waals surface area contributed by atoms with Crippen LogP contribution in [0.5, 0.6) is 0 Å². The zero-order valence-corrected chi connectivity index (χ0v) is 19.4. The minimum atomic E-state index is 0. The minimum absolute atomic E-state index is 0. The largest absolute Gasteiger partial charge is 0.352 e. The van der Waals surface area contributed by atoms with E-state index in [1.165, 1.54) is 42.6 Å². The van der Waals surface area contributed by atoms with Gasteiger partial charge in [-0.25, -0.2) is 0 Å². The van der Waals surface area contributed by atoms with Crippen molar-refractivity contribution < 1.29 is 0 Å². The first-order valence-electron chi connectivity index (χ1n) is 9.48. The molecule has 148 valence electrons. The summed E-state index contributed by atoms with van der Waals surface area (Å²) in [5.74, 6) is 1.67. The summed E-state index contributed by atoms with van der Waals surface area (Å²) in [5.41, 5.74) is 3.97. The molecule has 0 saturated carbocycles. The average Bonchev–Trinajstić information content (AvgIpc) is 3.17. The predicted molar refractivity (Wildman–Crippen MR) is 127 cm³/mol. The third kappa shape index (κ3) is 7.43. The molecular formula is C21H31IN4S. The number of thiophene rings is 1. The number of likely N-dealkylation sites (tertiary alicyclic amines) is 1. The fourth-order valence-corrected chi connectivity index (χ4v) is 4.11. The standard InChI is InChI=1S/C21H30N4S.HI/c1-17-4-3-10-25(14-17)15-19-7-5-18(6-8-19)12-23-21(22-2)24-13-20-9-11-26-16-20;/h5-9,11,16-17H,3-4,10,12-15H2,1-2H3,(H2,22,23,24);1H. The second-order valence-corrected chi connectivity index (χ2v) is 7.99. The van der Waals surface area contributed by atoms with Gasteiger partial charge >= 0.3 is 0 Å². The lowest BCUT2D eigenvalue weighted by atomic mass is 9.99. The summed E-state index contributed by atoms with van der Waals surface area (Å²) in [6.45, 7) is 7.48. The van der Waals surface area contributed by atoms with E-state index < -0.39 is 0 Å². The molecule has 3 rings (SSSR count). The van der Waals surface area contributed by atoms with Crippen molar-refractivity contribution in [3.05, 3.63) is 57.8 Å². The Labute approximate surface area is 184 Å². The van der Waals surface area contributed by atoms with Crippen molar-refractivity contribution >= 4 is 41.3 Å². The number of halogens is 1. The monoisotopic (exact) mass is 498 g/mol. The highest BCUT2D eigenvalue weighted by Gasteiger charge is 2.16. The Morgan fingerprint density at radius 2 is 1.81 bits per heavy atom. The lowest BCUT2D eigenvalue weighted by Gasteiger charge is -2.30. The quantitative estimate of drug-likeness (QED) is 0.351. The molecule has 1 unspecified atom stereocenters. The number of rotatable bonds is 6. The van der Waals surface area contributed by atoms with Crippen LogP contribution in [0.4, 0.5) is 0 Å². The number of guanidine groups is 1. The van der Waals surface area contributed by atoms with Crippen LogP contribution in [0.3, 0.4) is 0 Å². The van der Waals surface area contributed by atoms with Crippen molar-refractivity contribution in [2.75, 3.05) is 20.1 Å². The van der Waals surface area contributed by atoms with Crippen LogP contribution in [-0.2, 0) is 19.6 Å². The predicted octanol–water partition coefficient (Wildman–Crippen LogP) is 4.46. The van der Waals surface area contributed by atoms with Gasteiger partial charge in [0.25, 0.3) is 0 Å². The summed E-state index contributed by atoms with van der Waals surface area (Å²) in [6.07, 6.45) is 2.71. The average molecular weight is 498 g/mol. The van der Waals surface area contributed by atoms with Gasteiger partial charge in [0.1, 0.15) is 0 Å². The van der Waals surface area contributed by atoms with E-state index in [1.807, 2.05) is 7.05 Å². The molecule has 2 N–H and O–H groups in total. The summed E-state index contributed by atoms with van der Waals surface area (Å²) in [5, 5.41) is 11.0. The highest BCUT2D eigenvalue weighted by atomic mass is 127. The number of nitrogens with zero attached hydrogens (tertiary/aromatic N) is 2. The smallest absolute Gasteiger partial charge is 0.191 e. The molecule has 0 amide bonds. The lowest BCUT2D eigenvalue weighted by Crippen LogP contribution is -2.36. The molecule has 0 aliphatic carbocycles. The van der Waals surface area contributed by atoms with Gasteiger partial charge < -0.3 is 10.6 Å². The van der Waals surface area contributed by atoms with Crippen molar-refractivity contribution in [2.24, 2.45) is 10.9 Å². The van der Waals surface area contributed by atoms with Gasteiger partial charge in [-0.15, -0.1) is 24.0 Å². The molecule has 1 atom stereocenters. The van der Waals surface area contributed by atoms with Gasteiger partial charge in [-0.2, -0.15) is 11.3 Å². The van der Waals surface area contributed by atoms with Crippen LogP contribution in [0.15, 0.2) is 46.1 Å². The van der Waals surface area contributed by atoms with Gasteiger partial charge in [0.2, 0.25) is 0 Å². The van der Waals surface area contributed by atoms with Crippen LogP contribution >= 0.6 is 35.3 Å². The van der Waals surface area contributed by atoms with Crippen LogP contribution in [0.2, 0.25) is 0 Å². The van der Waals surface area contributed by atoms with Gasteiger partial charge in [0, 0.05) is 33.2 Å². The highest BCUT2D eigenvalue weighted by Crippen LogP contribution is 2.18. The second-order valence-electron chi connectivity index (χ2n) is 7.21. The maximum atomic E-state index is 4.30. The third-order valence-electron chi connectivity index (χ3n) is 4.89. The van der Waals surface area contributed by atoms with E-state index >= 15 is 0 Å². The molecule has 1 aromatic heterocycles. The number of aliphatic imine (C=N–C) groups is 1. The molecule has 6 heteroatoms. The number of hydrogen-bond donors (Lipinski definition) is 2. The first kappa shape index (κ1) is 22.2. The molecule has 2 aromatic rings. The second kappa shape index (κ2) is 11.7. The Hall–Kier alpha value is -1.12. The molecule has 4 nitrogen and oxygen atoms in total. The first-order chi connectivity index (χ1) is 12.7. The number of piperidine rings is 1. The fraction of sp³-hybridized carbons (Fsp3) is 0.476. The van der Waals surface area contributed by atoms with Gasteiger partial charge in [-0.3, -0.25) is 9.89 Å². The highest BCUT2D eigenvalue weighted by molar-refractivity contribution is 14.0. The maximum Gasteiger partial charge on any atom is 0.191 e. The molecule has 1 saturated heterocycles. The molecule has 0 radical (unpaired) electrons.